The Morgan fingerprint density at radius 1 is 1.09 bits per heavy atom. The molecule has 1 N–H and O–H groups in total. The third-order valence-corrected chi connectivity index (χ3v) is 3.93. The molecule has 0 atom stereocenters. The topological polar surface area (TPSA) is 51.9 Å². The van der Waals surface area contributed by atoms with Gasteiger partial charge >= 0.3 is 0 Å². The van der Waals surface area contributed by atoms with E-state index in [0.717, 1.165) is 22.8 Å². The van der Waals surface area contributed by atoms with Gasteiger partial charge in [-0.1, -0.05) is 18.2 Å². The zero-order valence-electron chi connectivity index (χ0n) is 13.8. The van der Waals surface area contributed by atoms with Crippen molar-refractivity contribution >= 4 is 11.7 Å². The maximum absolute atomic E-state index is 12.6. The van der Waals surface area contributed by atoms with Crippen LogP contribution in [0.5, 0.6) is 0 Å². The number of carbonyl (C=O) groups excluding carboxylic acids is 1. The number of anilines is 1. The molecule has 0 spiro atoms. The van der Waals surface area contributed by atoms with E-state index in [9.17, 15) is 4.79 Å². The maximum Gasteiger partial charge on any atom is 0.258 e. The van der Waals surface area contributed by atoms with Gasteiger partial charge in [0.1, 0.15) is 5.82 Å². The number of amides is 1. The Hall–Kier alpha value is -2.82. The van der Waals surface area contributed by atoms with Gasteiger partial charge in [0.15, 0.2) is 0 Å². The first-order valence-corrected chi connectivity index (χ1v) is 7.53. The van der Waals surface area contributed by atoms with E-state index in [1.807, 2.05) is 70.3 Å². The Labute approximate surface area is 135 Å². The number of rotatable bonds is 3. The summed E-state index contributed by atoms with van der Waals surface area (Å²) in [7, 11) is 1.82. The average molecular weight is 308 g/mol. The van der Waals surface area contributed by atoms with Crippen molar-refractivity contribution in [1.82, 2.24) is 14.3 Å². The molecule has 0 aliphatic carbocycles. The van der Waals surface area contributed by atoms with E-state index in [1.165, 1.54) is 0 Å². The molecule has 23 heavy (non-hydrogen) atoms. The summed E-state index contributed by atoms with van der Waals surface area (Å²) in [5, 5.41) is 7.18. The lowest BCUT2D eigenvalue weighted by molar-refractivity contribution is 0.102. The van der Waals surface area contributed by atoms with E-state index in [4.69, 9.17) is 0 Å². The monoisotopic (exact) mass is 308 g/mol. The highest BCUT2D eigenvalue weighted by Crippen LogP contribution is 2.21. The Balaban J connectivity index is 1.95. The van der Waals surface area contributed by atoms with Gasteiger partial charge in [-0.15, -0.1) is 0 Å². The van der Waals surface area contributed by atoms with Crippen LogP contribution in [-0.4, -0.2) is 20.3 Å². The van der Waals surface area contributed by atoms with Crippen molar-refractivity contribution < 1.29 is 4.79 Å². The summed E-state index contributed by atoms with van der Waals surface area (Å²) in [6.45, 7) is 5.87. The van der Waals surface area contributed by atoms with E-state index in [2.05, 4.69) is 15.0 Å². The van der Waals surface area contributed by atoms with Crippen molar-refractivity contribution in [3.8, 4) is 5.69 Å². The molecule has 0 aliphatic heterocycles. The quantitative estimate of drug-likeness (QED) is 0.806. The molecule has 0 unspecified atom stereocenters. The molecule has 5 nitrogen and oxygen atoms in total. The molecule has 3 rings (SSSR count). The van der Waals surface area contributed by atoms with Crippen LogP contribution >= 0.6 is 0 Å². The van der Waals surface area contributed by atoms with Crippen LogP contribution in [-0.2, 0) is 7.05 Å². The van der Waals surface area contributed by atoms with Gasteiger partial charge in [0.05, 0.1) is 11.3 Å². The largest absolute Gasteiger partial charge is 0.318 e. The van der Waals surface area contributed by atoms with E-state index in [1.54, 1.807) is 4.68 Å². The highest BCUT2D eigenvalue weighted by molar-refractivity contribution is 6.05. The van der Waals surface area contributed by atoms with Crippen LogP contribution in [0.3, 0.4) is 0 Å². The highest BCUT2D eigenvalue weighted by atomic mass is 16.1. The van der Waals surface area contributed by atoms with Gasteiger partial charge in [-0.3, -0.25) is 9.48 Å². The van der Waals surface area contributed by atoms with Crippen LogP contribution in [0.1, 0.15) is 27.4 Å². The minimum Gasteiger partial charge on any atom is -0.318 e. The van der Waals surface area contributed by atoms with Crippen LogP contribution in [0, 0.1) is 20.8 Å². The molecule has 2 aromatic heterocycles. The van der Waals surface area contributed by atoms with Crippen molar-refractivity contribution in [2.24, 2.45) is 7.05 Å². The van der Waals surface area contributed by atoms with Crippen molar-refractivity contribution in [2.75, 3.05) is 5.32 Å². The van der Waals surface area contributed by atoms with Gasteiger partial charge < -0.3 is 9.88 Å². The SMILES string of the molecule is Cc1cc(NC(=O)c2cc(C)n(-c3ccccc3)c2C)n(C)n1. The molecule has 2 heterocycles. The van der Waals surface area contributed by atoms with Crippen molar-refractivity contribution in [3.05, 3.63) is 65.1 Å². The number of aryl methyl sites for hydroxylation is 3. The number of nitrogens with zero attached hydrogens (tertiary/aromatic N) is 3. The Bertz CT molecular complexity index is 859. The molecule has 5 heteroatoms. The van der Waals surface area contributed by atoms with Gasteiger partial charge in [0.2, 0.25) is 0 Å². The second kappa shape index (κ2) is 5.76. The molecule has 1 amide bonds. The zero-order valence-corrected chi connectivity index (χ0v) is 13.8. The molecule has 1 aromatic carbocycles. The summed E-state index contributed by atoms with van der Waals surface area (Å²) in [6.07, 6.45) is 0. The van der Waals surface area contributed by atoms with Crippen LogP contribution in [0.15, 0.2) is 42.5 Å². The molecule has 0 saturated heterocycles. The number of hydrogen-bond acceptors (Lipinski definition) is 2. The second-order valence-electron chi connectivity index (χ2n) is 5.70. The standard InChI is InChI=1S/C18H20N4O/c1-12-10-17(21(4)20-12)19-18(23)16-11-13(2)22(14(16)3)15-8-6-5-7-9-15/h5-11H,1-4H3,(H,19,23). The number of carbonyl (C=O) groups is 1. The number of aromatic nitrogens is 3. The summed E-state index contributed by atoms with van der Waals surface area (Å²) in [5.74, 6) is 0.570. The Kier molecular flexibility index (Phi) is 3.78. The van der Waals surface area contributed by atoms with Crippen LogP contribution in [0.2, 0.25) is 0 Å². The lowest BCUT2D eigenvalue weighted by Gasteiger charge is -2.10. The van der Waals surface area contributed by atoms with Crippen LogP contribution in [0.25, 0.3) is 5.69 Å². The third-order valence-electron chi connectivity index (χ3n) is 3.93. The molecular weight excluding hydrogens is 288 g/mol. The van der Waals surface area contributed by atoms with Crippen molar-refractivity contribution in [1.29, 1.82) is 0 Å². The number of para-hydroxylation sites is 1. The van der Waals surface area contributed by atoms with E-state index < -0.39 is 0 Å². The predicted molar refractivity (Wildman–Crippen MR) is 91.1 cm³/mol. The number of benzene rings is 1. The van der Waals surface area contributed by atoms with Gasteiger partial charge in [-0.2, -0.15) is 5.10 Å². The first-order valence-electron chi connectivity index (χ1n) is 7.53. The first kappa shape index (κ1) is 15.1. The molecule has 0 fully saturated rings. The van der Waals surface area contributed by atoms with Gasteiger partial charge in [-0.25, -0.2) is 0 Å². The van der Waals surface area contributed by atoms with Crippen molar-refractivity contribution in [2.45, 2.75) is 20.8 Å². The minimum atomic E-state index is -0.122. The smallest absolute Gasteiger partial charge is 0.258 e. The van der Waals surface area contributed by atoms with Gasteiger partial charge in [0, 0.05) is 30.2 Å². The van der Waals surface area contributed by atoms with Crippen molar-refractivity contribution in [3.63, 3.8) is 0 Å². The fourth-order valence-electron chi connectivity index (χ4n) is 2.88. The number of nitrogens with one attached hydrogen (secondary N) is 1. The molecule has 0 aliphatic rings. The fourth-order valence-corrected chi connectivity index (χ4v) is 2.88. The lowest BCUT2D eigenvalue weighted by atomic mass is 10.2. The predicted octanol–water partition coefficient (Wildman–Crippen LogP) is 3.39. The maximum atomic E-state index is 12.6. The van der Waals surface area contributed by atoms with Crippen LogP contribution in [0.4, 0.5) is 5.82 Å². The van der Waals surface area contributed by atoms with E-state index in [0.29, 0.717) is 11.4 Å². The van der Waals surface area contributed by atoms with Gasteiger partial charge in [0.25, 0.3) is 5.91 Å². The molecular formula is C18H20N4O. The summed E-state index contributed by atoms with van der Waals surface area (Å²) < 4.78 is 3.76. The molecule has 3 aromatic rings. The number of hydrogen-bond donors (Lipinski definition) is 1. The summed E-state index contributed by atoms with van der Waals surface area (Å²) in [5.41, 5.74) is 4.55. The highest BCUT2D eigenvalue weighted by Gasteiger charge is 2.17. The molecule has 0 bridgehead atoms. The molecule has 0 radical (unpaired) electrons. The third kappa shape index (κ3) is 2.77. The first-order chi connectivity index (χ1) is 11.0. The fraction of sp³-hybridized carbons (Fsp3) is 0.222. The lowest BCUT2D eigenvalue weighted by Crippen LogP contribution is -2.15. The zero-order chi connectivity index (χ0) is 16.6. The summed E-state index contributed by atoms with van der Waals surface area (Å²) in [6, 6.07) is 13.8. The Morgan fingerprint density at radius 2 is 1.78 bits per heavy atom. The second-order valence-corrected chi connectivity index (χ2v) is 5.70. The molecule has 0 saturated carbocycles. The summed E-state index contributed by atoms with van der Waals surface area (Å²) >= 11 is 0. The Morgan fingerprint density at radius 3 is 2.39 bits per heavy atom. The van der Waals surface area contributed by atoms with E-state index in [-0.39, 0.29) is 5.91 Å². The van der Waals surface area contributed by atoms with Gasteiger partial charge in [-0.05, 0) is 39.0 Å². The summed E-state index contributed by atoms with van der Waals surface area (Å²) in [4.78, 5) is 12.6. The van der Waals surface area contributed by atoms with E-state index >= 15 is 0 Å². The minimum absolute atomic E-state index is 0.122. The average Bonchev–Trinajstić information content (AvgIpc) is 2.99. The van der Waals surface area contributed by atoms with Crippen LogP contribution < -0.4 is 5.32 Å². The normalized spacial score (nSPS) is 10.8. The molecule has 118 valence electrons.